The third-order valence-corrected chi connectivity index (χ3v) is 8.43. The van der Waals surface area contributed by atoms with Crippen LogP contribution in [0.1, 0.15) is 103 Å². The molecule has 0 fully saturated rings. The minimum atomic E-state index is -1.38. The lowest BCUT2D eigenvalue weighted by molar-refractivity contribution is -0.321. The second-order valence-corrected chi connectivity index (χ2v) is 12.6. The van der Waals surface area contributed by atoms with Crippen LogP contribution in [-0.4, -0.2) is 83.7 Å². The van der Waals surface area contributed by atoms with E-state index in [1.54, 1.807) is 5.38 Å². The number of rotatable bonds is 20. The maximum absolute atomic E-state index is 12.9. The number of halogens is 1. The van der Waals surface area contributed by atoms with E-state index in [4.69, 9.17) is 19.5 Å². The molecule has 1 rings (SSSR count). The number of carboxylic acids is 1. The molecule has 0 bridgehead atoms. The standard InChI is InChI=1S/C28H53N5O7S.ClH/c1-13-15-28(8,26(35)36)30-23(34)20-17-41-25(29-20)22(39-37-12)16-21(18(3)4)33(11)38-24(19(5)14-2)31-40-27(6,7)32(9)10;/h17-19,21-22,24,31H,13-16H2,1-12H3,(H,30,34)(H,35,36);1H/t19-,21+,22+,24-,28?;/m0./s1. The van der Waals surface area contributed by atoms with Crippen molar-refractivity contribution in [1.29, 1.82) is 0 Å². The van der Waals surface area contributed by atoms with Crippen LogP contribution < -0.4 is 10.8 Å². The monoisotopic (exact) mass is 639 g/mol. The lowest BCUT2D eigenvalue weighted by Gasteiger charge is -2.38. The van der Waals surface area contributed by atoms with Gasteiger partial charge in [-0.1, -0.05) is 41.0 Å². The van der Waals surface area contributed by atoms with Crippen molar-refractivity contribution in [3.8, 4) is 0 Å². The predicted molar refractivity (Wildman–Crippen MR) is 166 cm³/mol. The molecule has 1 unspecified atom stereocenters. The molecule has 5 atom stereocenters. The second kappa shape index (κ2) is 18.4. The van der Waals surface area contributed by atoms with Gasteiger partial charge in [0.2, 0.25) is 0 Å². The largest absolute Gasteiger partial charge is 0.480 e. The van der Waals surface area contributed by atoms with Gasteiger partial charge in [0.15, 0.2) is 6.23 Å². The molecule has 42 heavy (non-hydrogen) atoms. The highest BCUT2D eigenvalue weighted by atomic mass is 35.5. The summed E-state index contributed by atoms with van der Waals surface area (Å²) >= 11 is 1.25. The zero-order chi connectivity index (χ0) is 31.5. The number of nitrogens with one attached hydrogen (secondary N) is 2. The van der Waals surface area contributed by atoms with Crippen LogP contribution in [0.2, 0.25) is 0 Å². The van der Waals surface area contributed by atoms with Crippen LogP contribution in [0, 0.1) is 11.8 Å². The highest BCUT2D eigenvalue weighted by molar-refractivity contribution is 7.09. The van der Waals surface area contributed by atoms with E-state index in [-0.39, 0.29) is 36.0 Å². The molecule has 0 radical (unpaired) electrons. The minimum absolute atomic E-state index is 0. The number of carbonyl (C=O) groups excluding carboxylic acids is 1. The Morgan fingerprint density at radius 1 is 1.14 bits per heavy atom. The first kappa shape index (κ1) is 40.6. The fourth-order valence-electron chi connectivity index (χ4n) is 3.94. The van der Waals surface area contributed by atoms with Crippen molar-refractivity contribution in [3.63, 3.8) is 0 Å². The summed E-state index contributed by atoms with van der Waals surface area (Å²) < 4.78 is 0. The number of hydrogen-bond acceptors (Lipinski definition) is 11. The van der Waals surface area contributed by atoms with Gasteiger partial charge in [0, 0.05) is 24.9 Å². The highest BCUT2D eigenvalue weighted by Crippen LogP contribution is 2.31. The summed E-state index contributed by atoms with van der Waals surface area (Å²) in [7, 11) is 7.20. The Labute approximate surface area is 262 Å². The third-order valence-electron chi connectivity index (χ3n) is 7.49. The SMILES string of the molecule is CCCC(C)(NC(=O)c1csc([C@@H](C[C@H](C(C)C)N(C)O[C@H](NOC(C)(C)N(C)C)[C@@H](C)CC)OOC)n1)C(=O)O.Cl. The van der Waals surface area contributed by atoms with E-state index in [1.807, 2.05) is 51.9 Å². The van der Waals surface area contributed by atoms with Crippen molar-refractivity contribution in [2.24, 2.45) is 11.8 Å². The van der Waals surface area contributed by atoms with Crippen molar-refractivity contribution in [2.45, 2.75) is 111 Å². The van der Waals surface area contributed by atoms with Crippen molar-refractivity contribution in [3.05, 3.63) is 16.1 Å². The molecule has 1 aromatic rings. The highest BCUT2D eigenvalue weighted by Gasteiger charge is 2.36. The zero-order valence-corrected chi connectivity index (χ0v) is 29.0. The number of nitrogens with zero attached hydrogens (tertiary/aromatic N) is 3. The summed E-state index contributed by atoms with van der Waals surface area (Å²) in [6.07, 6.45) is 1.24. The van der Waals surface area contributed by atoms with Crippen LogP contribution in [0.4, 0.5) is 0 Å². The second-order valence-electron chi connectivity index (χ2n) is 11.7. The van der Waals surface area contributed by atoms with Crippen LogP contribution in [0.3, 0.4) is 0 Å². The average molecular weight is 640 g/mol. The molecular weight excluding hydrogens is 586 g/mol. The van der Waals surface area contributed by atoms with E-state index in [0.717, 1.165) is 6.42 Å². The summed E-state index contributed by atoms with van der Waals surface area (Å²) in [5.41, 5.74) is 1.32. The number of carbonyl (C=O) groups is 2. The van der Waals surface area contributed by atoms with Gasteiger partial charge in [0.25, 0.3) is 5.91 Å². The van der Waals surface area contributed by atoms with Gasteiger partial charge in [-0.3, -0.25) is 19.4 Å². The van der Waals surface area contributed by atoms with E-state index < -0.39 is 35.5 Å². The molecule has 1 amide bonds. The Bertz CT molecular complexity index is 952. The normalized spacial score (nSPS) is 16.5. The number of aromatic nitrogens is 1. The average Bonchev–Trinajstić information content (AvgIpc) is 3.38. The fourth-order valence-corrected chi connectivity index (χ4v) is 4.77. The number of aliphatic carboxylic acids is 1. The zero-order valence-electron chi connectivity index (χ0n) is 27.3. The first-order valence-corrected chi connectivity index (χ1v) is 15.1. The summed E-state index contributed by atoms with van der Waals surface area (Å²) in [6.45, 7) is 15.7. The molecule has 0 aliphatic rings. The molecular formula is C28H54ClN5O7S. The molecule has 1 aromatic heterocycles. The van der Waals surface area contributed by atoms with Crippen molar-refractivity contribution in [2.75, 3.05) is 28.3 Å². The van der Waals surface area contributed by atoms with Gasteiger partial charge in [0.1, 0.15) is 28.1 Å². The number of hydroxylamine groups is 3. The molecule has 14 heteroatoms. The smallest absolute Gasteiger partial charge is 0.329 e. The van der Waals surface area contributed by atoms with Gasteiger partial charge in [-0.25, -0.2) is 19.6 Å². The van der Waals surface area contributed by atoms with Crippen molar-refractivity contribution < 1.29 is 34.1 Å². The van der Waals surface area contributed by atoms with E-state index >= 15 is 0 Å². The van der Waals surface area contributed by atoms with Gasteiger partial charge < -0.3 is 10.4 Å². The van der Waals surface area contributed by atoms with Gasteiger partial charge in [0.05, 0.1) is 7.11 Å². The van der Waals surface area contributed by atoms with E-state index in [1.165, 1.54) is 25.4 Å². The summed E-state index contributed by atoms with van der Waals surface area (Å²) in [5, 5.41) is 16.2. The van der Waals surface area contributed by atoms with Crippen LogP contribution in [0.5, 0.6) is 0 Å². The lowest BCUT2D eigenvalue weighted by atomic mass is 9.96. The summed E-state index contributed by atoms with van der Waals surface area (Å²) in [6, 6.07) is -0.119. The topological polar surface area (TPSA) is 135 Å². The molecule has 0 saturated heterocycles. The van der Waals surface area contributed by atoms with Crippen LogP contribution in [-0.2, 0) is 24.2 Å². The molecule has 0 aliphatic heterocycles. The van der Waals surface area contributed by atoms with Crippen molar-refractivity contribution >= 4 is 35.6 Å². The molecule has 246 valence electrons. The molecule has 1 heterocycles. The van der Waals surface area contributed by atoms with Gasteiger partial charge in [-0.2, -0.15) is 10.5 Å². The van der Waals surface area contributed by atoms with Gasteiger partial charge in [-0.05, 0) is 59.5 Å². The molecule has 3 N–H and O–H groups in total. The predicted octanol–water partition coefficient (Wildman–Crippen LogP) is 5.03. The molecule has 0 saturated carbocycles. The molecule has 0 aliphatic carbocycles. The Morgan fingerprint density at radius 2 is 1.76 bits per heavy atom. The van der Waals surface area contributed by atoms with Gasteiger partial charge >= 0.3 is 5.97 Å². The van der Waals surface area contributed by atoms with Crippen LogP contribution in [0.15, 0.2) is 5.38 Å². The maximum Gasteiger partial charge on any atom is 0.329 e. The summed E-state index contributed by atoms with van der Waals surface area (Å²) in [4.78, 5) is 54.2. The Morgan fingerprint density at radius 3 is 2.24 bits per heavy atom. The number of carboxylic acid groups (broad SMARTS) is 1. The first-order chi connectivity index (χ1) is 19.0. The first-order valence-electron chi connectivity index (χ1n) is 14.2. The maximum atomic E-state index is 12.9. The Balaban J connectivity index is 0.0000168. The quantitative estimate of drug-likeness (QED) is 0.101. The van der Waals surface area contributed by atoms with E-state index in [2.05, 4.69) is 43.5 Å². The van der Waals surface area contributed by atoms with Crippen molar-refractivity contribution in [1.82, 2.24) is 25.7 Å². The molecule has 0 aromatic carbocycles. The lowest BCUT2D eigenvalue weighted by Crippen LogP contribution is -2.52. The van der Waals surface area contributed by atoms with E-state index in [0.29, 0.717) is 24.3 Å². The van der Waals surface area contributed by atoms with E-state index in [9.17, 15) is 14.7 Å². The Hall–Kier alpha value is -1.42. The summed E-state index contributed by atoms with van der Waals surface area (Å²) in [5.74, 6) is -1.33. The third kappa shape index (κ3) is 11.9. The number of amides is 1. The minimum Gasteiger partial charge on any atom is -0.480 e. The van der Waals surface area contributed by atoms with Crippen LogP contribution in [0.25, 0.3) is 0 Å². The van der Waals surface area contributed by atoms with Gasteiger partial charge in [-0.15, -0.1) is 23.7 Å². The number of hydrogen-bond donors (Lipinski definition) is 3. The molecule has 0 spiro atoms. The Kier molecular flexibility index (Phi) is 17.8. The molecule has 12 nitrogen and oxygen atoms in total. The number of thiazole rings is 1. The fraction of sp³-hybridized carbons (Fsp3) is 0.821. The van der Waals surface area contributed by atoms with Crippen LogP contribution >= 0.6 is 23.7 Å².